The van der Waals surface area contributed by atoms with Crippen molar-refractivity contribution in [1.29, 1.82) is 0 Å². The topological polar surface area (TPSA) is 79.3 Å². The second-order valence-electron chi connectivity index (χ2n) is 9.41. The standard InChI is InChI=1S/C26H25N5O2/c1-31(13-4-5-14-31)15-11-23(32)27-17-8-9-22-20(16-17)26(33)30-12-10-19-18-6-2-3-7-21(18)28-24(19)25(30)29-22/h2-3,6-10,12,16H,4-5,11,13-15H2,1H3,(H-,27,28,29,32,33)/p+1. The number of para-hydroxylation sites is 1. The fourth-order valence-electron chi connectivity index (χ4n) is 5.17. The molecule has 1 fully saturated rings. The highest BCUT2D eigenvalue weighted by atomic mass is 16.1. The number of nitrogens with zero attached hydrogens (tertiary/aromatic N) is 3. The van der Waals surface area contributed by atoms with E-state index in [2.05, 4.69) is 23.4 Å². The number of H-pyrrole nitrogens is 1. The molecular formula is C26H26N5O2+. The van der Waals surface area contributed by atoms with Gasteiger partial charge in [0, 0.05) is 41.0 Å². The minimum absolute atomic E-state index is 0.0192. The lowest BCUT2D eigenvalue weighted by Gasteiger charge is -2.28. The van der Waals surface area contributed by atoms with Gasteiger partial charge < -0.3 is 14.8 Å². The Labute approximate surface area is 190 Å². The first kappa shape index (κ1) is 19.9. The van der Waals surface area contributed by atoms with Crippen molar-refractivity contribution in [2.75, 3.05) is 32.0 Å². The van der Waals surface area contributed by atoms with Crippen LogP contribution in [0.15, 0.2) is 59.5 Å². The number of hydrogen-bond donors (Lipinski definition) is 2. The zero-order valence-electron chi connectivity index (χ0n) is 18.6. The number of fused-ring (bicyclic) bond motifs is 6. The van der Waals surface area contributed by atoms with E-state index in [4.69, 9.17) is 4.98 Å². The van der Waals surface area contributed by atoms with Gasteiger partial charge in [0.2, 0.25) is 5.91 Å². The van der Waals surface area contributed by atoms with Gasteiger partial charge in [0.05, 0.1) is 49.5 Å². The summed E-state index contributed by atoms with van der Waals surface area (Å²) in [5.41, 5.74) is 3.54. The van der Waals surface area contributed by atoms with Crippen LogP contribution in [0.3, 0.4) is 0 Å². The van der Waals surface area contributed by atoms with Crippen molar-refractivity contribution in [3.63, 3.8) is 0 Å². The van der Waals surface area contributed by atoms with E-state index < -0.39 is 0 Å². The molecule has 0 spiro atoms. The number of carbonyl (C=O) groups is 1. The summed E-state index contributed by atoms with van der Waals surface area (Å²) >= 11 is 0. The number of benzene rings is 2. The number of amides is 1. The predicted octanol–water partition coefficient (Wildman–Crippen LogP) is 4.05. The molecule has 7 nitrogen and oxygen atoms in total. The Bertz CT molecular complexity index is 1610. The van der Waals surface area contributed by atoms with Crippen LogP contribution in [0.2, 0.25) is 0 Å². The second-order valence-corrected chi connectivity index (χ2v) is 9.41. The number of nitrogens with one attached hydrogen (secondary N) is 2. The summed E-state index contributed by atoms with van der Waals surface area (Å²) in [6, 6.07) is 15.4. The lowest BCUT2D eigenvalue weighted by atomic mass is 10.1. The molecule has 5 aromatic rings. The average molecular weight is 441 g/mol. The van der Waals surface area contributed by atoms with Gasteiger partial charge in [-0.05, 0) is 30.3 Å². The van der Waals surface area contributed by atoms with Crippen molar-refractivity contribution in [3.05, 3.63) is 65.1 Å². The SMILES string of the molecule is C[N+]1(CCC(=O)Nc2ccc3nc4c5[nH]c6ccccc6c5ccn4c(=O)c3c2)CCCC1. The first-order valence-corrected chi connectivity index (χ1v) is 11.5. The van der Waals surface area contributed by atoms with Gasteiger partial charge in [-0.3, -0.25) is 14.0 Å². The summed E-state index contributed by atoms with van der Waals surface area (Å²) < 4.78 is 2.54. The van der Waals surface area contributed by atoms with Crippen LogP contribution >= 0.6 is 0 Å². The zero-order valence-corrected chi connectivity index (χ0v) is 18.6. The fourth-order valence-corrected chi connectivity index (χ4v) is 5.17. The van der Waals surface area contributed by atoms with E-state index in [0.717, 1.165) is 45.9 Å². The van der Waals surface area contributed by atoms with Crippen molar-refractivity contribution in [2.45, 2.75) is 19.3 Å². The Balaban J connectivity index is 1.36. The van der Waals surface area contributed by atoms with Crippen molar-refractivity contribution in [1.82, 2.24) is 14.4 Å². The number of likely N-dealkylation sites (tertiary alicyclic amines) is 1. The highest BCUT2D eigenvalue weighted by Crippen LogP contribution is 2.28. The van der Waals surface area contributed by atoms with Crippen LogP contribution < -0.4 is 10.9 Å². The third kappa shape index (κ3) is 3.36. The summed E-state index contributed by atoms with van der Waals surface area (Å²) in [7, 11) is 2.22. The lowest BCUT2D eigenvalue weighted by Crippen LogP contribution is -2.42. The van der Waals surface area contributed by atoms with Crippen LogP contribution in [0.5, 0.6) is 0 Å². The molecule has 0 saturated carbocycles. The van der Waals surface area contributed by atoms with Gasteiger partial charge in [-0.25, -0.2) is 4.98 Å². The molecule has 6 rings (SSSR count). The molecule has 0 radical (unpaired) electrons. The van der Waals surface area contributed by atoms with Gasteiger partial charge in [0.1, 0.15) is 0 Å². The van der Waals surface area contributed by atoms with E-state index >= 15 is 0 Å². The van der Waals surface area contributed by atoms with Crippen LogP contribution in [0, 0.1) is 0 Å². The molecule has 1 amide bonds. The number of carbonyl (C=O) groups excluding carboxylic acids is 1. The van der Waals surface area contributed by atoms with E-state index in [-0.39, 0.29) is 11.5 Å². The van der Waals surface area contributed by atoms with Gasteiger partial charge in [-0.1, -0.05) is 18.2 Å². The molecule has 0 unspecified atom stereocenters. The maximum Gasteiger partial charge on any atom is 0.265 e. The Kier molecular flexibility index (Phi) is 4.48. The van der Waals surface area contributed by atoms with E-state index in [0.29, 0.717) is 28.7 Å². The molecule has 1 aliphatic heterocycles. The van der Waals surface area contributed by atoms with Crippen molar-refractivity contribution in [3.8, 4) is 0 Å². The number of aromatic amines is 1. The van der Waals surface area contributed by atoms with Crippen LogP contribution in [0.1, 0.15) is 19.3 Å². The minimum Gasteiger partial charge on any atom is -0.351 e. The quantitative estimate of drug-likeness (QED) is 0.327. The van der Waals surface area contributed by atoms with E-state index in [1.54, 1.807) is 16.7 Å². The van der Waals surface area contributed by atoms with Gasteiger partial charge in [-0.2, -0.15) is 0 Å². The molecule has 3 aromatic heterocycles. The molecule has 0 aliphatic carbocycles. The monoisotopic (exact) mass is 440 g/mol. The van der Waals surface area contributed by atoms with Gasteiger partial charge in [0.15, 0.2) is 5.65 Å². The molecule has 1 saturated heterocycles. The number of aromatic nitrogens is 3. The first-order valence-electron chi connectivity index (χ1n) is 11.5. The molecule has 0 atom stereocenters. The van der Waals surface area contributed by atoms with Gasteiger partial charge in [-0.15, -0.1) is 0 Å². The van der Waals surface area contributed by atoms with E-state index in [9.17, 15) is 9.59 Å². The largest absolute Gasteiger partial charge is 0.351 e. The van der Waals surface area contributed by atoms with Gasteiger partial charge in [0.25, 0.3) is 5.56 Å². The molecule has 2 N–H and O–H groups in total. The van der Waals surface area contributed by atoms with Crippen molar-refractivity contribution < 1.29 is 9.28 Å². The summed E-state index contributed by atoms with van der Waals surface area (Å²) in [5, 5.41) is 5.59. The van der Waals surface area contributed by atoms with Crippen LogP contribution in [-0.2, 0) is 4.79 Å². The zero-order chi connectivity index (χ0) is 22.6. The number of rotatable bonds is 4. The normalized spacial score (nSPS) is 15.7. The van der Waals surface area contributed by atoms with Crippen molar-refractivity contribution in [2.24, 2.45) is 0 Å². The number of quaternary nitrogens is 1. The molecule has 2 aromatic carbocycles. The van der Waals surface area contributed by atoms with Crippen LogP contribution in [0.4, 0.5) is 5.69 Å². The summed E-state index contributed by atoms with van der Waals surface area (Å²) in [6.45, 7) is 3.12. The fraction of sp³-hybridized carbons (Fsp3) is 0.269. The van der Waals surface area contributed by atoms with Crippen molar-refractivity contribution >= 4 is 50.0 Å². The summed E-state index contributed by atoms with van der Waals surface area (Å²) in [5.74, 6) is -0.0192. The number of hydrogen-bond acceptors (Lipinski definition) is 3. The summed E-state index contributed by atoms with van der Waals surface area (Å²) in [6.07, 6.45) is 4.72. The Morgan fingerprint density at radius 1 is 1.09 bits per heavy atom. The van der Waals surface area contributed by atoms with E-state index in [1.165, 1.54) is 12.8 Å². The second kappa shape index (κ2) is 7.42. The predicted molar refractivity (Wildman–Crippen MR) is 132 cm³/mol. The first-order chi connectivity index (χ1) is 16.0. The van der Waals surface area contributed by atoms with Gasteiger partial charge >= 0.3 is 0 Å². The molecule has 33 heavy (non-hydrogen) atoms. The smallest absolute Gasteiger partial charge is 0.265 e. The highest BCUT2D eigenvalue weighted by Gasteiger charge is 2.27. The molecule has 0 bridgehead atoms. The summed E-state index contributed by atoms with van der Waals surface area (Å²) in [4.78, 5) is 34.1. The molecule has 1 aliphatic rings. The molecular weight excluding hydrogens is 414 g/mol. The third-order valence-electron chi connectivity index (χ3n) is 7.07. The minimum atomic E-state index is -0.151. The average Bonchev–Trinajstić information content (AvgIpc) is 3.42. The Morgan fingerprint density at radius 2 is 1.91 bits per heavy atom. The number of pyridine rings is 1. The lowest BCUT2D eigenvalue weighted by molar-refractivity contribution is -0.897. The van der Waals surface area contributed by atoms with Crippen LogP contribution in [-0.4, -0.2) is 51.4 Å². The van der Waals surface area contributed by atoms with Crippen LogP contribution in [0.25, 0.3) is 38.4 Å². The Morgan fingerprint density at radius 3 is 2.76 bits per heavy atom. The maximum absolute atomic E-state index is 13.3. The third-order valence-corrected chi connectivity index (χ3v) is 7.07. The molecule has 4 heterocycles. The molecule has 7 heteroatoms. The highest BCUT2D eigenvalue weighted by molar-refractivity contribution is 6.11. The molecule has 166 valence electrons. The Hall–Kier alpha value is -3.71. The number of anilines is 1. The van der Waals surface area contributed by atoms with E-state index in [1.807, 2.05) is 36.4 Å². The maximum atomic E-state index is 13.3.